The van der Waals surface area contributed by atoms with Crippen molar-refractivity contribution in [3.63, 3.8) is 0 Å². The summed E-state index contributed by atoms with van der Waals surface area (Å²) in [5.41, 5.74) is 2.16. The summed E-state index contributed by atoms with van der Waals surface area (Å²) < 4.78 is 5.65. The number of ether oxygens (including phenoxy) is 1. The van der Waals surface area contributed by atoms with Gasteiger partial charge in [0.1, 0.15) is 12.4 Å². The van der Waals surface area contributed by atoms with Crippen LogP contribution >= 0.6 is 11.6 Å². The number of benzene rings is 1. The zero-order chi connectivity index (χ0) is 13.0. The van der Waals surface area contributed by atoms with E-state index in [0.717, 1.165) is 34.9 Å². The molecule has 1 unspecified atom stereocenters. The van der Waals surface area contributed by atoms with Crippen LogP contribution in [0.4, 0.5) is 0 Å². The minimum Gasteiger partial charge on any atom is -0.488 e. The van der Waals surface area contributed by atoms with Crippen molar-refractivity contribution in [1.82, 2.24) is 5.32 Å². The summed E-state index contributed by atoms with van der Waals surface area (Å²) in [6, 6.07) is 6.55. The lowest BCUT2D eigenvalue weighted by Crippen LogP contribution is -2.23. The highest BCUT2D eigenvalue weighted by atomic mass is 35.5. The summed E-state index contributed by atoms with van der Waals surface area (Å²) >= 11 is 6.39. The molecule has 0 radical (unpaired) electrons. The Balaban J connectivity index is 2.05. The number of halogens is 1. The molecular weight excluding hydrogens is 246 g/mol. The summed E-state index contributed by atoms with van der Waals surface area (Å²) in [5, 5.41) is 4.23. The lowest BCUT2D eigenvalue weighted by atomic mass is 10.0. The molecule has 1 N–H and O–H groups in total. The lowest BCUT2D eigenvalue weighted by Gasteiger charge is -2.14. The molecule has 0 spiro atoms. The Bertz CT molecular complexity index is 425. The van der Waals surface area contributed by atoms with Gasteiger partial charge in [0, 0.05) is 6.04 Å². The average molecular weight is 266 g/mol. The van der Waals surface area contributed by atoms with Gasteiger partial charge in [-0.05, 0) is 49.9 Å². The van der Waals surface area contributed by atoms with Crippen molar-refractivity contribution < 1.29 is 4.74 Å². The lowest BCUT2D eigenvalue weighted by molar-refractivity contribution is 0.352. The quantitative estimate of drug-likeness (QED) is 0.822. The first-order valence-corrected chi connectivity index (χ1v) is 6.82. The first kappa shape index (κ1) is 13.4. The Morgan fingerprint density at radius 2 is 2.39 bits per heavy atom. The van der Waals surface area contributed by atoms with E-state index in [1.54, 1.807) is 0 Å². The van der Waals surface area contributed by atoms with Gasteiger partial charge in [-0.1, -0.05) is 30.3 Å². The van der Waals surface area contributed by atoms with Gasteiger partial charge in [-0.25, -0.2) is 0 Å². The molecule has 1 aromatic rings. The Kier molecular flexibility index (Phi) is 4.67. The van der Waals surface area contributed by atoms with Crippen LogP contribution in [0.15, 0.2) is 30.4 Å². The van der Waals surface area contributed by atoms with E-state index >= 15 is 0 Å². The highest BCUT2D eigenvalue weighted by molar-refractivity contribution is 6.32. The fourth-order valence-electron chi connectivity index (χ4n) is 2.22. The van der Waals surface area contributed by atoms with Gasteiger partial charge in [0.05, 0.1) is 5.02 Å². The maximum atomic E-state index is 6.39. The Morgan fingerprint density at radius 1 is 1.56 bits per heavy atom. The highest BCUT2D eigenvalue weighted by Crippen LogP contribution is 2.30. The van der Waals surface area contributed by atoms with Gasteiger partial charge in [-0.3, -0.25) is 0 Å². The van der Waals surface area contributed by atoms with Crippen molar-refractivity contribution in [2.24, 2.45) is 0 Å². The van der Waals surface area contributed by atoms with Gasteiger partial charge >= 0.3 is 0 Å². The van der Waals surface area contributed by atoms with E-state index in [0.29, 0.717) is 12.6 Å². The van der Waals surface area contributed by atoms with Crippen LogP contribution in [0.25, 0.3) is 0 Å². The maximum Gasteiger partial charge on any atom is 0.138 e. The molecule has 1 fully saturated rings. The summed E-state index contributed by atoms with van der Waals surface area (Å²) in [7, 11) is 0. The molecule has 1 saturated heterocycles. The standard InChI is InChI=1S/C15H20ClNO/c1-11(2)10-18-14-7-3-5-12(15(14)16)9-13-6-4-8-17-13/h3,5,7,13,17H,1,4,6,8-10H2,2H3. The monoisotopic (exact) mass is 265 g/mol. The zero-order valence-electron chi connectivity index (χ0n) is 10.8. The molecule has 2 rings (SSSR count). The van der Waals surface area contributed by atoms with Gasteiger partial charge in [-0.2, -0.15) is 0 Å². The molecule has 1 aliphatic heterocycles. The van der Waals surface area contributed by atoms with E-state index in [9.17, 15) is 0 Å². The molecule has 1 heterocycles. The normalized spacial score (nSPS) is 18.9. The predicted molar refractivity (Wildman–Crippen MR) is 76.5 cm³/mol. The molecule has 0 bridgehead atoms. The minimum atomic E-state index is 0.519. The Morgan fingerprint density at radius 3 is 3.06 bits per heavy atom. The van der Waals surface area contributed by atoms with Crippen LogP contribution in [0.1, 0.15) is 25.3 Å². The van der Waals surface area contributed by atoms with Crippen molar-refractivity contribution in [2.45, 2.75) is 32.2 Å². The van der Waals surface area contributed by atoms with Crippen LogP contribution in [0.5, 0.6) is 5.75 Å². The topological polar surface area (TPSA) is 21.3 Å². The molecule has 2 nitrogen and oxygen atoms in total. The Hall–Kier alpha value is -0.990. The van der Waals surface area contributed by atoms with Crippen LogP contribution in [0, 0.1) is 0 Å². The molecule has 1 atom stereocenters. The van der Waals surface area contributed by atoms with Crippen LogP contribution in [-0.2, 0) is 6.42 Å². The minimum absolute atomic E-state index is 0.519. The smallest absolute Gasteiger partial charge is 0.138 e. The number of nitrogens with one attached hydrogen (secondary N) is 1. The first-order chi connectivity index (χ1) is 8.66. The largest absolute Gasteiger partial charge is 0.488 e. The third-order valence-electron chi connectivity index (χ3n) is 3.15. The second-order valence-electron chi connectivity index (χ2n) is 4.97. The van der Waals surface area contributed by atoms with Crippen LogP contribution in [0.2, 0.25) is 5.02 Å². The molecule has 0 saturated carbocycles. The second-order valence-corrected chi connectivity index (χ2v) is 5.35. The molecule has 0 aromatic heterocycles. The fourth-order valence-corrected chi connectivity index (χ4v) is 2.48. The van der Waals surface area contributed by atoms with E-state index in [4.69, 9.17) is 16.3 Å². The summed E-state index contributed by atoms with van der Waals surface area (Å²) in [6.45, 7) is 7.41. The van der Waals surface area contributed by atoms with Gasteiger partial charge in [0.15, 0.2) is 0 Å². The summed E-state index contributed by atoms with van der Waals surface area (Å²) in [4.78, 5) is 0. The first-order valence-electron chi connectivity index (χ1n) is 6.45. The molecule has 1 aliphatic rings. The van der Waals surface area contributed by atoms with E-state index in [1.807, 2.05) is 19.1 Å². The van der Waals surface area contributed by atoms with Gasteiger partial charge in [0.2, 0.25) is 0 Å². The van der Waals surface area contributed by atoms with E-state index in [2.05, 4.69) is 18.0 Å². The fraction of sp³-hybridized carbons (Fsp3) is 0.467. The second kappa shape index (κ2) is 6.26. The molecule has 3 heteroatoms. The maximum absolute atomic E-state index is 6.39. The molecule has 0 aliphatic carbocycles. The third kappa shape index (κ3) is 3.50. The van der Waals surface area contributed by atoms with Crippen LogP contribution < -0.4 is 10.1 Å². The highest BCUT2D eigenvalue weighted by Gasteiger charge is 2.17. The predicted octanol–water partition coefficient (Wildman–Crippen LogP) is 3.59. The SMILES string of the molecule is C=C(C)COc1cccc(CC2CCCN2)c1Cl. The zero-order valence-corrected chi connectivity index (χ0v) is 11.6. The van der Waals surface area contributed by atoms with E-state index in [-0.39, 0.29) is 0 Å². The van der Waals surface area contributed by atoms with Gasteiger partial charge in [-0.15, -0.1) is 0 Å². The Labute approximate surface area is 114 Å². The van der Waals surface area contributed by atoms with E-state index in [1.165, 1.54) is 12.8 Å². The van der Waals surface area contributed by atoms with Gasteiger partial charge in [0.25, 0.3) is 0 Å². The molecule has 18 heavy (non-hydrogen) atoms. The van der Waals surface area contributed by atoms with Crippen LogP contribution in [0.3, 0.4) is 0 Å². The van der Waals surface area contributed by atoms with Crippen molar-refractivity contribution in [3.05, 3.63) is 40.9 Å². The summed E-state index contributed by atoms with van der Waals surface area (Å²) in [6.07, 6.45) is 3.46. The molecule has 0 amide bonds. The number of hydrogen-bond acceptors (Lipinski definition) is 2. The molecular formula is C15H20ClNO. The van der Waals surface area contributed by atoms with Crippen molar-refractivity contribution >= 4 is 11.6 Å². The number of rotatable bonds is 5. The number of hydrogen-bond donors (Lipinski definition) is 1. The average Bonchev–Trinajstić information content (AvgIpc) is 2.83. The molecule has 1 aromatic carbocycles. The van der Waals surface area contributed by atoms with Crippen molar-refractivity contribution in [2.75, 3.05) is 13.2 Å². The van der Waals surface area contributed by atoms with E-state index < -0.39 is 0 Å². The third-order valence-corrected chi connectivity index (χ3v) is 3.58. The van der Waals surface area contributed by atoms with Crippen LogP contribution in [-0.4, -0.2) is 19.2 Å². The van der Waals surface area contributed by atoms with Crippen molar-refractivity contribution in [1.29, 1.82) is 0 Å². The molecule has 98 valence electrons. The van der Waals surface area contributed by atoms with Gasteiger partial charge < -0.3 is 10.1 Å². The summed E-state index contributed by atoms with van der Waals surface area (Å²) in [5.74, 6) is 0.759. The van der Waals surface area contributed by atoms with Crippen molar-refractivity contribution in [3.8, 4) is 5.75 Å².